The summed E-state index contributed by atoms with van der Waals surface area (Å²) in [6.07, 6.45) is 5.26. The van der Waals surface area contributed by atoms with Crippen LogP contribution < -0.4 is 5.32 Å². The first-order valence-corrected chi connectivity index (χ1v) is 8.05. The van der Waals surface area contributed by atoms with Crippen LogP contribution in [0, 0.1) is 5.92 Å². The average molecular weight is 279 g/mol. The Morgan fingerprint density at radius 2 is 2.25 bits per heavy atom. The van der Waals surface area contributed by atoms with Gasteiger partial charge in [0.05, 0.1) is 12.7 Å². The third-order valence-electron chi connectivity index (χ3n) is 4.23. The first-order chi connectivity index (χ1) is 9.63. The Balaban J connectivity index is 2.02. The zero-order chi connectivity index (χ0) is 14.5. The summed E-state index contributed by atoms with van der Waals surface area (Å²) in [4.78, 5) is 6.97. The molecule has 0 saturated carbocycles. The summed E-state index contributed by atoms with van der Waals surface area (Å²) >= 11 is 0. The van der Waals surface area contributed by atoms with Crippen LogP contribution in [0.15, 0.2) is 10.6 Å². The molecule has 1 aliphatic rings. The van der Waals surface area contributed by atoms with E-state index in [9.17, 15) is 0 Å². The Labute approximate surface area is 122 Å². The predicted octanol–water partition coefficient (Wildman–Crippen LogP) is 2.84. The minimum atomic E-state index is 0.570. The van der Waals surface area contributed by atoms with E-state index >= 15 is 0 Å². The summed E-state index contributed by atoms with van der Waals surface area (Å²) in [7, 11) is 0. The van der Waals surface area contributed by atoms with Gasteiger partial charge in [0, 0.05) is 31.6 Å². The number of nitrogens with zero attached hydrogens (tertiary/aromatic N) is 2. The van der Waals surface area contributed by atoms with Gasteiger partial charge >= 0.3 is 0 Å². The smallest absolute Gasteiger partial charge is 0.208 e. The summed E-state index contributed by atoms with van der Waals surface area (Å²) in [5.74, 6) is 2.50. The third kappa shape index (κ3) is 3.83. The van der Waals surface area contributed by atoms with Crippen LogP contribution in [-0.2, 0) is 13.0 Å². The van der Waals surface area contributed by atoms with Crippen LogP contribution in [0.4, 0.5) is 0 Å². The highest BCUT2D eigenvalue weighted by atomic mass is 16.4. The minimum absolute atomic E-state index is 0.570. The molecule has 114 valence electrons. The fourth-order valence-corrected chi connectivity index (χ4v) is 3.04. The van der Waals surface area contributed by atoms with Crippen LogP contribution in [0.2, 0.25) is 0 Å². The molecule has 1 aliphatic heterocycles. The van der Waals surface area contributed by atoms with Crippen LogP contribution in [0.25, 0.3) is 0 Å². The molecular weight excluding hydrogens is 250 g/mol. The summed E-state index contributed by atoms with van der Waals surface area (Å²) in [6, 6.07) is 1.18. The lowest BCUT2D eigenvalue weighted by Gasteiger charge is -2.41. The van der Waals surface area contributed by atoms with E-state index in [1.807, 2.05) is 6.20 Å². The van der Waals surface area contributed by atoms with E-state index in [-0.39, 0.29) is 0 Å². The number of aryl methyl sites for hydroxylation is 1. The van der Waals surface area contributed by atoms with Crippen LogP contribution in [0.5, 0.6) is 0 Å². The molecule has 4 heteroatoms. The highest BCUT2D eigenvalue weighted by molar-refractivity contribution is 4.96. The molecule has 0 bridgehead atoms. The van der Waals surface area contributed by atoms with Gasteiger partial charge in [-0.2, -0.15) is 0 Å². The molecular formula is C16H29N3O. The number of rotatable bonds is 6. The van der Waals surface area contributed by atoms with Gasteiger partial charge in [0.15, 0.2) is 0 Å². The normalized spacial score (nSPS) is 24.4. The van der Waals surface area contributed by atoms with Crippen molar-refractivity contribution < 1.29 is 4.42 Å². The second kappa shape index (κ2) is 7.23. The number of aromatic nitrogens is 1. The lowest BCUT2D eigenvalue weighted by atomic mass is 9.97. The summed E-state index contributed by atoms with van der Waals surface area (Å²) < 4.78 is 5.79. The van der Waals surface area contributed by atoms with Gasteiger partial charge in [0.25, 0.3) is 0 Å². The van der Waals surface area contributed by atoms with Crippen LogP contribution >= 0.6 is 0 Å². The van der Waals surface area contributed by atoms with Gasteiger partial charge in [-0.3, -0.25) is 4.90 Å². The number of nitrogens with one attached hydrogen (secondary N) is 1. The number of hydrogen-bond donors (Lipinski definition) is 1. The first-order valence-electron chi connectivity index (χ1n) is 8.05. The molecule has 2 atom stereocenters. The Hall–Kier alpha value is -0.870. The van der Waals surface area contributed by atoms with E-state index in [1.54, 1.807) is 0 Å². The zero-order valence-electron chi connectivity index (χ0n) is 13.4. The van der Waals surface area contributed by atoms with Crippen LogP contribution in [-0.4, -0.2) is 35.1 Å². The maximum atomic E-state index is 5.79. The Morgan fingerprint density at radius 3 is 2.85 bits per heavy atom. The molecule has 2 unspecified atom stereocenters. The molecule has 2 rings (SSSR count). The quantitative estimate of drug-likeness (QED) is 0.869. The Bertz CT molecular complexity index is 402. The monoisotopic (exact) mass is 279 g/mol. The van der Waals surface area contributed by atoms with Crippen LogP contribution in [0.1, 0.15) is 52.2 Å². The lowest BCUT2D eigenvalue weighted by Crippen LogP contribution is -2.57. The number of piperazine rings is 1. The second-order valence-electron chi connectivity index (χ2n) is 6.21. The van der Waals surface area contributed by atoms with Gasteiger partial charge in [-0.05, 0) is 12.3 Å². The molecule has 0 radical (unpaired) electrons. The molecule has 0 aromatic carbocycles. The SMILES string of the molecule is CCCC1CN(Cc2ncc(CC)o2)C(C(C)C)CN1. The Kier molecular flexibility index (Phi) is 5.61. The Morgan fingerprint density at radius 1 is 1.45 bits per heavy atom. The highest BCUT2D eigenvalue weighted by Crippen LogP contribution is 2.20. The summed E-state index contributed by atoms with van der Waals surface area (Å²) in [5, 5.41) is 3.69. The van der Waals surface area contributed by atoms with Gasteiger partial charge in [-0.25, -0.2) is 4.98 Å². The molecule has 1 N–H and O–H groups in total. The largest absolute Gasteiger partial charge is 0.444 e. The van der Waals surface area contributed by atoms with Crippen molar-refractivity contribution in [3.05, 3.63) is 17.8 Å². The number of oxazole rings is 1. The topological polar surface area (TPSA) is 41.3 Å². The van der Waals surface area contributed by atoms with E-state index in [1.165, 1.54) is 12.8 Å². The maximum Gasteiger partial charge on any atom is 0.208 e. The van der Waals surface area contributed by atoms with E-state index in [0.29, 0.717) is 18.0 Å². The first kappa shape index (κ1) is 15.5. The van der Waals surface area contributed by atoms with Crippen molar-refractivity contribution in [3.8, 4) is 0 Å². The lowest BCUT2D eigenvalue weighted by molar-refractivity contribution is 0.0796. The standard InChI is InChI=1S/C16H29N3O/c1-5-7-13-10-19(15(9-17-13)12(3)4)11-16-18-8-14(6-2)20-16/h8,12-13,15,17H,5-7,9-11H2,1-4H3. The van der Waals surface area contributed by atoms with Crippen molar-refractivity contribution in [3.63, 3.8) is 0 Å². The van der Waals surface area contributed by atoms with Gasteiger partial charge in [-0.15, -0.1) is 0 Å². The molecule has 4 nitrogen and oxygen atoms in total. The molecule has 20 heavy (non-hydrogen) atoms. The average Bonchev–Trinajstić information content (AvgIpc) is 2.87. The molecule has 1 aromatic rings. The molecule has 0 spiro atoms. The predicted molar refractivity (Wildman–Crippen MR) is 81.6 cm³/mol. The van der Waals surface area contributed by atoms with Crippen molar-refractivity contribution >= 4 is 0 Å². The van der Waals surface area contributed by atoms with Crippen molar-refractivity contribution in [1.82, 2.24) is 15.2 Å². The second-order valence-corrected chi connectivity index (χ2v) is 6.21. The summed E-state index contributed by atoms with van der Waals surface area (Å²) in [6.45, 7) is 12.0. The molecule has 1 fully saturated rings. The number of hydrogen-bond acceptors (Lipinski definition) is 4. The van der Waals surface area contributed by atoms with E-state index < -0.39 is 0 Å². The van der Waals surface area contributed by atoms with Gasteiger partial charge in [0.2, 0.25) is 5.89 Å². The molecule has 0 aliphatic carbocycles. The van der Waals surface area contributed by atoms with Crippen molar-refractivity contribution in [2.75, 3.05) is 13.1 Å². The minimum Gasteiger partial charge on any atom is -0.444 e. The fraction of sp³-hybridized carbons (Fsp3) is 0.812. The van der Waals surface area contributed by atoms with Gasteiger partial charge in [0.1, 0.15) is 5.76 Å². The van der Waals surface area contributed by atoms with Crippen LogP contribution in [0.3, 0.4) is 0 Å². The summed E-state index contributed by atoms with van der Waals surface area (Å²) in [5.41, 5.74) is 0. The van der Waals surface area contributed by atoms with Crippen molar-refractivity contribution in [1.29, 1.82) is 0 Å². The molecule has 0 amide bonds. The highest BCUT2D eigenvalue weighted by Gasteiger charge is 2.30. The third-order valence-corrected chi connectivity index (χ3v) is 4.23. The van der Waals surface area contributed by atoms with Gasteiger partial charge in [-0.1, -0.05) is 34.1 Å². The fourth-order valence-electron chi connectivity index (χ4n) is 3.04. The molecule has 1 saturated heterocycles. The molecule has 2 heterocycles. The molecule has 1 aromatic heterocycles. The van der Waals surface area contributed by atoms with E-state index in [0.717, 1.165) is 37.7 Å². The van der Waals surface area contributed by atoms with E-state index in [2.05, 4.69) is 42.9 Å². The van der Waals surface area contributed by atoms with Gasteiger partial charge < -0.3 is 9.73 Å². The van der Waals surface area contributed by atoms with Crippen molar-refractivity contribution in [2.24, 2.45) is 5.92 Å². The zero-order valence-corrected chi connectivity index (χ0v) is 13.4. The van der Waals surface area contributed by atoms with E-state index in [4.69, 9.17) is 4.42 Å². The van der Waals surface area contributed by atoms with Crippen molar-refractivity contribution in [2.45, 2.75) is 65.6 Å². The maximum absolute atomic E-state index is 5.79.